The summed E-state index contributed by atoms with van der Waals surface area (Å²) in [5, 5.41) is 0.328. The van der Waals surface area contributed by atoms with Gasteiger partial charge in [-0.15, -0.1) is 0 Å². The molecular weight excluding hydrogens is 266 g/mol. The zero-order valence-electron chi connectivity index (χ0n) is 10.3. The van der Waals surface area contributed by atoms with Crippen LogP contribution in [0.15, 0.2) is 42.7 Å². The van der Waals surface area contributed by atoms with Crippen LogP contribution in [-0.4, -0.2) is 18.1 Å². The molecule has 1 aromatic heterocycles. The van der Waals surface area contributed by atoms with Crippen molar-refractivity contribution >= 4 is 17.6 Å². The molecule has 0 spiro atoms. The van der Waals surface area contributed by atoms with Gasteiger partial charge in [0.05, 0.1) is 17.7 Å². The molecule has 0 radical (unpaired) electrons. The molecule has 1 heterocycles. The predicted molar refractivity (Wildman–Crippen MR) is 71.4 cm³/mol. The van der Waals surface area contributed by atoms with E-state index in [1.165, 1.54) is 12.4 Å². The van der Waals surface area contributed by atoms with Gasteiger partial charge in [0.2, 0.25) is 0 Å². The Morgan fingerprint density at radius 3 is 2.63 bits per heavy atom. The number of benzene rings is 1. The summed E-state index contributed by atoms with van der Waals surface area (Å²) in [5.41, 5.74) is 1.13. The molecule has 0 saturated carbocycles. The van der Waals surface area contributed by atoms with E-state index in [4.69, 9.17) is 21.1 Å². The average molecular weight is 278 g/mol. The Hall–Kier alpha value is -2.07. The maximum Gasteiger partial charge on any atom is 0.341 e. The van der Waals surface area contributed by atoms with E-state index in [0.717, 1.165) is 11.3 Å². The fourth-order valence-electron chi connectivity index (χ4n) is 1.48. The van der Waals surface area contributed by atoms with Crippen LogP contribution in [0.3, 0.4) is 0 Å². The topological polar surface area (TPSA) is 48.4 Å². The summed E-state index contributed by atoms with van der Waals surface area (Å²) in [6.45, 7) is 0.175. The Balaban J connectivity index is 1.98. The third kappa shape index (κ3) is 3.45. The van der Waals surface area contributed by atoms with Crippen LogP contribution in [0, 0.1) is 0 Å². The second kappa shape index (κ2) is 6.20. The van der Waals surface area contributed by atoms with Gasteiger partial charge < -0.3 is 9.47 Å². The van der Waals surface area contributed by atoms with Crippen molar-refractivity contribution in [1.29, 1.82) is 0 Å². The van der Waals surface area contributed by atoms with E-state index in [-0.39, 0.29) is 12.2 Å². The minimum atomic E-state index is -0.492. The quantitative estimate of drug-likeness (QED) is 0.806. The molecule has 0 aliphatic carbocycles. The maximum atomic E-state index is 11.8. The number of nitrogens with zero attached hydrogens (tertiary/aromatic N) is 1. The molecule has 2 aromatic rings. The van der Waals surface area contributed by atoms with E-state index in [0.29, 0.717) is 5.02 Å². The summed E-state index contributed by atoms with van der Waals surface area (Å²) in [4.78, 5) is 15.6. The van der Waals surface area contributed by atoms with Crippen molar-refractivity contribution in [3.63, 3.8) is 0 Å². The van der Waals surface area contributed by atoms with Gasteiger partial charge in [0.25, 0.3) is 0 Å². The summed E-state index contributed by atoms with van der Waals surface area (Å²) < 4.78 is 10.2. The summed E-state index contributed by atoms with van der Waals surface area (Å²) >= 11 is 5.88. The van der Waals surface area contributed by atoms with Crippen molar-refractivity contribution in [3.05, 3.63) is 58.9 Å². The number of carbonyl (C=O) groups is 1. The number of hydrogen-bond donors (Lipinski definition) is 0. The molecule has 0 atom stereocenters. The number of rotatable bonds is 4. The van der Waals surface area contributed by atoms with Crippen LogP contribution in [0.1, 0.15) is 15.9 Å². The van der Waals surface area contributed by atoms with Crippen LogP contribution in [0.2, 0.25) is 5.02 Å². The third-order valence-corrected chi connectivity index (χ3v) is 2.85. The van der Waals surface area contributed by atoms with Crippen molar-refractivity contribution < 1.29 is 14.3 Å². The van der Waals surface area contributed by atoms with Gasteiger partial charge in [-0.05, 0) is 23.8 Å². The molecule has 98 valence electrons. The molecule has 0 unspecified atom stereocenters. The first-order valence-corrected chi connectivity index (χ1v) is 5.98. The highest BCUT2D eigenvalue weighted by Gasteiger charge is 2.11. The van der Waals surface area contributed by atoms with Gasteiger partial charge >= 0.3 is 5.97 Å². The van der Waals surface area contributed by atoms with Gasteiger partial charge in [-0.3, -0.25) is 4.98 Å². The standard InChI is InChI=1S/C14H12ClNO3/c1-18-11-4-2-10(3-5-11)9-19-14(17)12-8-16-7-6-13(12)15/h2-8H,9H2,1H3. The number of methoxy groups -OCH3 is 1. The fourth-order valence-corrected chi connectivity index (χ4v) is 1.66. The molecule has 0 amide bonds. The van der Waals surface area contributed by atoms with Gasteiger partial charge in [-0.2, -0.15) is 0 Å². The number of pyridine rings is 1. The van der Waals surface area contributed by atoms with Gasteiger partial charge in [-0.1, -0.05) is 23.7 Å². The molecule has 4 nitrogen and oxygen atoms in total. The molecule has 0 bridgehead atoms. The van der Waals surface area contributed by atoms with Crippen LogP contribution < -0.4 is 4.74 Å². The van der Waals surface area contributed by atoms with E-state index < -0.39 is 5.97 Å². The largest absolute Gasteiger partial charge is 0.497 e. The highest BCUT2D eigenvalue weighted by Crippen LogP contribution is 2.16. The molecule has 0 N–H and O–H groups in total. The van der Waals surface area contributed by atoms with Gasteiger partial charge in [0.15, 0.2) is 0 Å². The van der Waals surface area contributed by atoms with Gasteiger partial charge in [0, 0.05) is 12.4 Å². The maximum absolute atomic E-state index is 11.8. The molecule has 0 aliphatic heterocycles. The van der Waals surface area contributed by atoms with E-state index in [9.17, 15) is 4.79 Å². The molecular formula is C14H12ClNO3. The van der Waals surface area contributed by atoms with Gasteiger partial charge in [-0.25, -0.2) is 4.79 Å². The number of carbonyl (C=O) groups excluding carboxylic acids is 1. The lowest BCUT2D eigenvalue weighted by molar-refractivity contribution is 0.0472. The monoisotopic (exact) mass is 277 g/mol. The lowest BCUT2D eigenvalue weighted by Gasteiger charge is -2.06. The molecule has 0 aliphatic rings. The molecule has 2 rings (SSSR count). The SMILES string of the molecule is COc1ccc(COC(=O)c2cnccc2Cl)cc1. The van der Waals surface area contributed by atoms with Crippen LogP contribution >= 0.6 is 11.6 Å². The summed E-state index contributed by atoms with van der Waals surface area (Å²) in [6.07, 6.45) is 2.90. The average Bonchev–Trinajstić information content (AvgIpc) is 2.46. The van der Waals surface area contributed by atoms with E-state index in [1.54, 1.807) is 25.3 Å². The summed E-state index contributed by atoms with van der Waals surface area (Å²) in [6, 6.07) is 8.82. The number of aromatic nitrogens is 1. The molecule has 5 heteroatoms. The summed E-state index contributed by atoms with van der Waals surface area (Å²) in [5.74, 6) is 0.263. The Morgan fingerprint density at radius 1 is 1.26 bits per heavy atom. The van der Waals surface area contributed by atoms with Crippen molar-refractivity contribution in [2.24, 2.45) is 0 Å². The van der Waals surface area contributed by atoms with Gasteiger partial charge in [0.1, 0.15) is 12.4 Å². The highest BCUT2D eigenvalue weighted by molar-refractivity contribution is 6.33. The second-order valence-electron chi connectivity index (χ2n) is 3.78. The lowest BCUT2D eigenvalue weighted by Crippen LogP contribution is -2.06. The number of hydrogen-bond acceptors (Lipinski definition) is 4. The molecule has 19 heavy (non-hydrogen) atoms. The smallest absolute Gasteiger partial charge is 0.341 e. The van der Waals surface area contributed by atoms with Crippen molar-refractivity contribution in [2.75, 3.05) is 7.11 Å². The Kier molecular flexibility index (Phi) is 4.36. The minimum absolute atomic E-state index is 0.175. The van der Waals surface area contributed by atoms with Crippen molar-refractivity contribution in [2.45, 2.75) is 6.61 Å². The first-order valence-electron chi connectivity index (χ1n) is 5.60. The van der Waals surface area contributed by atoms with E-state index in [2.05, 4.69) is 4.98 Å². The Labute approximate surface area is 115 Å². The minimum Gasteiger partial charge on any atom is -0.497 e. The Morgan fingerprint density at radius 2 is 2.00 bits per heavy atom. The zero-order chi connectivity index (χ0) is 13.7. The van der Waals surface area contributed by atoms with Crippen molar-refractivity contribution in [3.8, 4) is 5.75 Å². The highest BCUT2D eigenvalue weighted by atomic mass is 35.5. The zero-order valence-corrected chi connectivity index (χ0v) is 11.1. The lowest BCUT2D eigenvalue weighted by atomic mass is 10.2. The first kappa shape index (κ1) is 13.4. The van der Waals surface area contributed by atoms with E-state index in [1.807, 2.05) is 12.1 Å². The predicted octanol–water partition coefficient (Wildman–Crippen LogP) is 3.10. The third-order valence-electron chi connectivity index (χ3n) is 2.52. The number of esters is 1. The van der Waals surface area contributed by atoms with Crippen LogP contribution in [0.5, 0.6) is 5.75 Å². The first-order chi connectivity index (χ1) is 9.20. The normalized spacial score (nSPS) is 10.0. The summed E-state index contributed by atoms with van der Waals surface area (Å²) in [7, 11) is 1.60. The molecule has 0 fully saturated rings. The molecule has 1 aromatic carbocycles. The molecule has 0 saturated heterocycles. The number of halogens is 1. The van der Waals surface area contributed by atoms with Crippen LogP contribution in [-0.2, 0) is 11.3 Å². The second-order valence-corrected chi connectivity index (χ2v) is 4.19. The Bertz CT molecular complexity index is 569. The fraction of sp³-hybridized carbons (Fsp3) is 0.143. The van der Waals surface area contributed by atoms with Crippen LogP contribution in [0.4, 0.5) is 0 Å². The van der Waals surface area contributed by atoms with E-state index >= 15 is 0 Å². The van der Waals surface area contributed by atoms with Crippen molar-refractivity contribution in [1.82, 2.24) is 4.98 Å². The number of ether oxygens (including phenoxy) is 2. The van der Waals surface area contributed by atoms with Crippen LogP contribution in [0.25, 0.3) is 0 Å².